The van der Waals surface area contributed by atoms with Gasteiger partial charge < -0.3 is 5.32 Å². The summed E-state index contributed by atoms with van der Waals surface area (Å²) in [6, 6.07) is 12.6. The zero-order chi connectivity index (χ0) is 22.6. The van der Waals surface area contributed by atoms with E-state index in [0.717, 1.165) is 41.5 Å². The van der Waals surface area contributed by atoms with E-state index in [-0.39, 0.29) is 17.6 Å². The third kappa shape index (κ3) is 4.47. The summed E-state index contributed by atoms with van der Waals surface area (Å²) >= 11 is 1.45. The number of thiophene rings is 1. The molecule has 0 radical (unpaired) electrons. The van der Waals surface area contributed by atoms with E-state index in [1.807, 2.05) is 47.8 Å². The van der Waals surface area contributed by atoms with Crippen molar-refractivity contribution in [3.05, 3.63) is 83.2 Å². The first-order valence-electron chi connectivity index (χ1n) is 11.0. The number of hydrogen-bond donors (Lipinski definition) is 1. The van der Waals surface area contributed by atoms with Gasteiger partial charge in [0.2, 0.25) is 5.91 Å². The van der Waals surface area contributed by atoms with Crippen LogP contribution in [0.2, 0.25) is 0 Å². The Kier molecular flexibility index (Phi) is 6.08. The Balaban J connectivity index is 1.62. The van der Waals surface area contributed by atoms with Crippen LogP contribution in [-0.4, -0.2) is 32.8 Å². The van der Waals surface area contributed by atoms with Crippen molar-refractivity contribution in [1.29, 1.82) is 0 Å². The van der Waals surface area contributed by atoms with Crippen molar-refractivity contribution in [2.75, 3.05) is 4.90 Å². The van der Waals surface area contributed by atoms with Crippen LogP contribution in [-0.2, 0) is 4.79 Å². The number of aromatic nitrogens is 3. The zero-order valence-corrected chi connectivity index (χ0v) is 18.7. The van der Waals surface area contributed by atoms with Crippen LogP contribution in [0.5, 0.6) is 0 Å². The van der Waals surface area contributed by atoms with Gasteiger partial charge in [-0.1, -0.05) is 37.1 Å². The SMILES string of the molecule is O=C(NC1CCCC1)C(c1cccs1)N(C(=O)c1cnccn1)c1cnc2ccccc2c1. The van der Waals surface area contributed by atoms with E-state index in [0.29, 0.717) is 5.69 Å². The van der Waals surface area contributed by atoms with E-state index < -0.39 is 11.9 Å². The van der Waals surface area contributed by atoms with Gasteiger partial charge >= 0.3 is 0 Å². The molecule has 2 amide bonds. The van der Waals surface area contributed by atoms with Gasteiger partial charge in [0.25, 0.3) is 5.91 Å². The summed E-state index contributed by atoms with van der Waals surface area (Å²) in [5.74, 6) is -0.602. The van der Waals surface area contributed by atoms with E-state index in [2.05, 4.69) is 20.3 Å². The summed E-state index contributed by atoms with van der Waals surface area (Å²) in [4.78, 5) is 42.5. The monoisotopic (exact) mass is 457 g/mol. The second-order valence-electron chi connectivity index (χ2n) is 8.06. The Bertz CT molecular complexity index is 1260. The molecule has 1 aromatic carbocycles. The summed E-state index contributed by atoms with van der Waals surface area (Å²) in [5, 5.41) is 5.97. The molecule has 0 spiro atoms. The second kappa shape index (κ2) is 9.46. The van der Waals surface area contributed by atoms with Gasteiger partial charge in [0.1, 0.15) is 5.69 Å². The molecule has 5 rings (SSSR count). The molecule has 1 aliphatic carbocycles. The third-order valence-corrected chi connectivity index (χ3v) is 6.80. The molecule has 1 N–H and O–H groups in total. The lowest BCUT2D eigenvalue weighted by atomic mass is 10.1. The van der Waals surface area contributed by atoms with Gasteiger partial charge in [-0.15, -0.1) is 11.3 Å². The molecule has 1 atom stereocenters. The van der Waals surface area contributed by atoms with Crippen LogP contribution in [0, 0.1) is 0 Å². The Morgan fingerprint density at radius 2 is 1.88 bits per heavy atom. The average molecular weight is 458 g/mol. The number of nitrogens with one attached hydrogen (secondary N) is 1. The van der Waals surface area contributed by atoms with Crippen LogP contribution in [0.15, 0.2) is 72.6 Å². The summed E-state index contributed by atoms with van der Waals surface area (Å²) in [7, 11) is 0. The molecule has 7 nitrogen and oxygen atoms in total. The smallest absolute Gasteiger partial charge is 0.279 e. The topological polar surface area (TPSA) is 88.1 Å². The molecule has 3 heterocycles. The predicted octanol–water partition coefficient (Wildman–Crippen LogP) is 4.53. The van der Waals surface area contributed by atoms with Crippen molar-refractivity contribution >= 4 is 39.7 Å². The molecular formula is C25H23N5O2S. The maximum Gasteiger partial charge on any atom is 0.279 e. The number of rotatable bonds is 6. The quantitative estimate of drug-likeness (QED) is 0.459. The number of pyridine rings is 1. The lowest BCUT2D eigenvalue weighted by molar-refractivity contribution is -0.123. The summed E-state index contributed by atoms with van der Waals surface area (Å²) in [5.41, 5.74) is 1.52. The van der Waals surface area contributed by atoms with Gasteiger partial charge in [0.15, 0.2) is 6.04 Å². The number of hydrogen-bond acceptors (Lipinski definition) is 6. The number of amides is 2. The number of nitrogens with zero attached hydrogens (tertiary/aromatic N) is 4. The van der Waals surface area contributed by atoms with E-state index in [4.69, 9.17) is 0 Å². The summed E-state index contributed by atoms with van der Waals surface area (Å²) in [6.45, 7) is 0. The number of carbonyl (C=O) groups excluding carboxylic acids is 2. The van der Waals surface area contributed by atoms with Gasteiger partial charge in [-0.25, -0.2) is 4.98 Å². The van der Waals surface area contributed by atoms with E-state index in [1.165, 1.54) is 34.8 Å². The number of para-hydroxylation sites is 1. The van der Waals surface area contributed by atoms with Crippen molar-refractivity contribution in [2.45, 2.75) is 37.8 Å². The minimum absolute atomic E-state index is 0.128. The fraction of sp³-hybridized carbons (Fsp3) is 0.240. The molecule has 3 aromatic heterocycles. The zero-order valence-electron chi connectivity index (χ0n) is 17.9. The molecular weight excluding hydrogens is 434 g/mol. The highest BCUT2D eigenvalue weighted by Gasteiger charge is 2.36. The van der Waals surface area contributed by atoms with Crippen molar-refractivity contribution in [3.8, 4) is 0 Å². The normalized spacial score (nSPS) is 14.8. The molecule has 8 heteroatoms. The van der Waals surface area contributed by atoms with E-state index in [9.17, 15) is 9.59 Å². The molecule has 1 aliphatic rings. The molecule has 33 heavy (non-hydrogen) atoms. The standard InChI is InChI=1S/C25H23N5O2S/c31-24(29-18-7-2-3-8-18)23(22-10-5-13-33-22)30(25(32)21-16-26-11-12-27-21)19-14-17-6-1-4-9-20(17)28-15-19/h1,4-6,9-16,18,23H,2-3,7-8H2,(H,29,31). The van der Waals surface area contributed by atoms with Gasteiger partial charge in [0.05, 0.1) is 23.6 Å². The first-order valence-corrected chi connectivity index (χ1v) is 11.9. The molecule has 1 saturated carbocycles. The van der Waals surface area contributed by atoms with Gasteiger partial charge in [-0.3, -0.25) is 24.5 Å². The minimum atomic E-state index is -0.844. The summed E-state index contributed by atoms with van der Waals surface area (Å²) in [6.07, 6.45) is 10.2. The Labute approximate surface area is 195 Å². The van der Waals surface area contributed by atoms with E-state index >= 15 is 0 Å². The van der Waals surface area contributed by atoms with Crippen molar-refractivity contribution in [2.24, 2.45) is 0 Å². The number of benzene rings is 1. The largest absolute Gasteiger partial charge is 0.351 e. The predicted molar refractivity (Wildman–Crippen MR) is 128 cm³/mol. The van der Waals surface area contributed by atoms with Gasteiger partial charge in [0, 0.05) is 28.7 Å². The Morgan fingerprint density at radius 3 is 2.64 bits per heavy atom. The van der Waals surface area contributed by atoms with Crippen LogP contribution in [0.1, 0.15) is 47.1 Å². The first kappa shape index (κ1) is 21.2. The van der Waals surface area contributed by atoms with Crippen molar-refractivity contribution < 1.29 is 9.59 Å². The van der Waals surface area contributed by atoms with Crippen LogP contribution >= 0.6 is 11.3 Å². The molecule has 1 unspecified atom stereocenters. The number of carbonyl (C=O) groups is 2. The molecule has 0 bridgehead atoms. The third-order valence-electron chi connectivity index (χ3n) is 5.88. The highest BCUT2D eigenvalue weighted by molar-refractivity contribution is 7.10. The van der Waals surface area contributed by atoms with Crippen LogP contribution in [0.4, 0.5) is 5.69 Å². The maximum atomic E-state index is 13.8. The molecule has 4 aromatic rings. The van der Waals surface area contributed by atoms with Crippen LogP contribution < -0.4 is 10.2 Å². The first-order chi connectivity index (χ1) is 16.2. The average Bonchev–Trinajstić information content (AvgIpc) is 3.57. The minimum Gasteiger partial charge on any atom is -0.351 e. The summed E-state index contributed by atoms with van der Waals surface area (Å²) < 4.78 is 0. The van der Waals surface area contributed by atoms with Gasteiger partial charge in [-0.2, -0.15) is 0 Å². The Morgan fingerprint density at radius 1 is 1.03 bits per heavy atom. The molecule has 0 aliphatic heterocycles. The lowest BCUT2D eigenvalue weighted by Gasteiger charge is -2.31. The lowest BCUT2D eigenvalue weighted by Crippen LogP contribution is -2.46. The van der Waals surface area contributed by atoms with Crippen LogP contribution in [0.25, 0.3) is 10.9 Å². The molecule has 0 saturated heterocycles. The maximum absolute atomic E-state index is 13.8. The fourth-order valence-corrected chi connectivity index (χ4v) is 5.09. The second-order valence-corrected chi connectivity index (χ2v) is 9.04. The van der Waals surface area contributed by atoms with Crippen LogP contribution in [0.3, 0.4) is 0 Å². The Hall–Kier alpha value is -3.65. The van der Waals surface area contributed by atoms with E-state index in [1.54, 1.807) is 6.20 Å². The number of fused-ring (bicyclic) bond motifs is 1. The van der Waals surface area contributed by atoms with Gasteiger partial charge in [-0.05, 0) is 36.4 Å². The van der Waals surface area contributed by atoms with Crippen molar-refractivity contribution in [1.82, 2.24) is 20.3 Å². The highest BCUT2D eigenvalue weighted by Crippen LogP contribution is 2.33. The molecule has 1 fully saturated rings. The number of anilines is 1. The highest BCUT2D eigenvalue weighted by atomic mass is 32.1. The van der Waals surface area contributed by atoms with Crippen molar-refractivity contribution in [3.63, 3.8) is 0 Å². The molecule has 166 valence electrons. The fourth-order valence-electron chi connectivity index (χ4n) is 4.28.